The van der Waals surface area contributed by atoms with Gasteiger partial charge in [0, 0.05) is 17.7 Å². The molecule has 1 atom stereocenters. The van der Waals surface area contributed by atoms with Crippen LogP contribution in [-0.2, 0) is 15.8 Å². The summed E-state index contributed by atoms with van der Waals surface area (Å²) in [7, 11) is -2.17. The van der Waals surface area contributed by atoms with E-state index in [1.807, 2.05) is 0 Å². The standard InChI is InChI=1S/C15H26N6O4Si/c1-15(2,3)26(4,5)25-11(8-17-13(22)9-18-20-16)10-21-12(14(23)24)6-7-19-21/h6-7,11H,8-10H2,1-5H3,(H,17,22)(H,23,24). The van der Waals surface area contributed by atoms with Crippen molar-refractivity contribution in [2.45, 2.75) is 51.6 Å². The number of nitrogens with one attached hydrogen (secondary N) is 1. The first-order chi connectivity index (χ1) is 12.0. The number of carboxylic acid groups (broad SMARTS) is 1. The fraction of sp³-hybridized carbons (Fsp3) is 0.667. The van der Waals surface area contributed by atoms with Crippen molar-refractivity contribution in [2.24, 2.45) is 5.11 Å². The lowest BCUT2D eigenvalue weighted by Crippen LogP contribution is -2.48. The van der Waals surface area contributed by atoms with Crippen molar-refractivity contribution in [1.29, 1.82) is 0 Å². The molecule has 1 aromatic heterocycles. The number of nitrogens with zero attached hydrogens (tertiary/aromatic N) is 5. The van der Waals surface area contributed by atoms with Gasteiger partial charge >= 0.3 is 5.97 Å². The maximum Gasteiger partial charge on any atom is 0.354 e. The molecule has 0 aliphatic carbocycles. The molecule has 10 nitrogen and oxygen atoms in total. The molecule has 0 bridgehead atoms. The van der Waals surface area contributed by atoms with Gasteiger partial charge in [0.15, 0.2) is 8.32 Å². The van der Waals surface area contributed by atoms with Gasteiger partial charge in [0.2, 0.25) is 5.91 Å². The first kappa shape index (κ1) is 21.7. The molecule has 1 amide bonds. The highest BCUT2D eigenvalue weighted by atomic mass is 28.4. The van der Waals surface area contributed by atoms with Gasteiger partial charge in [-0.1, -0.05) is 25.9 Å². The first-order valence-corrected chi connectivity index (χ1v) is 11.1. The van der Waals surface area contributed by atoms with Crippen LogP contribution in [0, 0.1) is 0 Å². The number of amides is 1. The summed E-state index contributed by atoms with van der Waals surface area (Å²) >= 11 is 0. The lowest BCUT2D eigenvalue weighted by Gasteiger charge is -2.39. The Labute approximate surface area is 153 Å². The number of azide groups is 1. The van der Waals surface area contributed by atoms with Gasteiger partial charge in [0.05, 0.1) is 12.6 Å². The molecule has 2 N–H and O–H groups in total. The first-order valence-electron chi connectivity index (χ1n) is 8.18. The Balaban J connectivity index is 2.94. The summed E-state index contributed by atoms with van der Waals surface area (Å²) < 4.78 is 7.68. The lowest BCUT2D eigenvalue weighted by molar-refractivity contribution is -0.120. The highest BCUT2D eigenvalue weighted by molar-refractivity contribution is 6.74. The van der Waals surface area contributed by atoms with Crippen LogP contribution >= 0.6 is 0 Å². The van der Waals surface area contributed by atoms with E-state index in [9.17, 15) is 14.7 Å². The zero-order chi connectivity index (χ0) is 20.0. The van der Waals surface area contributed by atoms with Crippen molar-refractivity contribution >= 4 is 20.2 Å². The molecule has 0 saturated heterocycles. The molecule has 0 aliphatic rings. The summed E-state index contributed by atoms with van der Waals surface area (Å²) in [4.78, 5) is 25.5. The zero-order valence-electron chi connectivity index (χ0n) is 15.8. The Morgan fingerprint density at radius 3 is 2.69 bits per heavy atom. The van der Waals surface area contributed by atoms with Gasteiger partial charge in [0.25, 0.3) is 0 Å². The van der Waals surface area contributed by atoms with Crippen molar-refractivity contribution in [2.75, 3.05) is 13.1 Å². The third-order valence-electron chi connectivity index (χ3n) is 4.38. The maximum atomic E-state index is 11.7. The Bertz CT molecular complexity index is 691. The van der Waals surface area contributed by atoms with Gasteiger partial charge in [-0.15, -0.1) is 0 Å². The van der Waals surface area contributed by atoms with Crippen LogP contribution in [0.3, 0.4) is 0 Å². The fourth-order valence-corrected chi connectivity index (χ4v) is 3.31. The van der Waals surface area contributed by atoms with E-state index in [1.165, 1.54) is 16.9 Å². The SMILES string of the molecule is CC(C)(C)[Si](C)(C)OC(CNC(=O)CN=[N+]=[N-])Cn1nccc1C(=O)O. The van der Waals surface area contributed by atoms with Crippen LogP contribution in [0.15, 0.2) is 17.4 Å². The third kappa shape index (κ3) is 6.17. The number of hydrogen-bond donors (Lipinski definition) is 2. The molecule has 1 unspecified atom stereocenters. The summed E-state index contributed by atoms with van der Waals surface area (Å²) in [5, 5.41) is 19.1. The molecular formula is C15H26N6O4Si. The van der Waals surface area contributed by atoms with Gasteiger partial charge in [-0.3, -0.25) is 9.48 Å². The quantitative estimate of drug-likeness (QED) is 0.292. The zero-order valence-corrected chi connectivity index (χ0v) is 16.8. The van der Waals surface area contributed by atoms with Crippen LogP contribution < -0.4 is 5.32 Å². The van der Waals surface area contributed by atoms with E-state index < -0.39 is 26.3 Å². The van der Waals surface area contributed by atoms with Gasteiger partial charge in [0.1, 0.15) is 12.2 Å². The van der Waals surface area contributed by atoms with E-state index in [2.05, 4.69) is 54.3 Å². The molecule has 11 heteroatoms. The molecule has 0 fully saturated rings. The van der Waals surface area contributed by atoms with Crippen LogP contribution in [0.1, 0.15) is 31.3 Å². The molecule has 0 saturated carbocycles. The topological polar surface area (TPSA) is 142 Å². The molecule has 0 aromatic carbocycles. The minimum atomic E-state index is -2.17. The Kier molecular flexibility index (Phi) is 7.37. The summed E-state index contributed by atoms with van der Waals surface area (Å²) in [6, 6.07) is 1.41. The molecule has 0 spiro atoms. The predicted molar refractivity (Wildman–Crippen MR) is 98.3 cm³/mol. The van der Waals surface area contributed by atoms with Crippen LogP contribution in [0.5, 0.6) is 0 Å². The molecule has 0 radical (unpaired) electrons. The van der Waals surface area contributed by atoms with Crippen molar-refractivity contribution in [1.82, 2.24) is 15.1 Å². The summed E-state index contributed by atoms with van der Waals surface area (Å²) in [5.74, 6) is -1.51. The van der Waals surface area contributed by atoms with E-state index in [4.69, 9.17) is 9.96 Å². The average molecular weight is 382 g/mol. The highest BCUT2D eigenvalue weighted by Crippen LogP contribution is 2.37. The number of aromatic nitrogens is 2. The number of aromatic carboxylic acids is 1. The smallest absolute Gasteiger partial charge is 0.354 e. The van der Waals surface area contributed by atoms with Crippen LogP contribution in [0.25, 0.3) is 10.4 Å². The fourth-order valence-electron chi connectivity index (χ4n) is 1.97. The van der Waals surface area contributed by atoms with Crippen LogP contribution in [0.4, 0.5) is 0 Å². The third-order valence-corrected chi connectivity index (χ3v) is 8.92. The second-order valence-corrected chi connectivity index (χ2v) is 12.2. The average Bonchev–Trinajstić information content (AvgIpc) is 2.97. The minimum absolute atomic E-state index is 0.0502. The molecule has 0 aliphatic heterocycles. The summed E-state index contributed by atoms with van der Waals surface area (Å²) in [5.41, 5.74) is 8.33. The molecule has 26 heavy (non-hydrogen) atoms. The monoisotopic (exact) mass is 382 g/mol. The normalized spacial score (nSPS) is 13.0. The van der Waals surface area contributed by atoms with Crippen molar-refractivity contribution < 1.29 is 19.1 Å². The molecule has 144 valence electrons. The van der Waals surface area contributed by atoms with Gasteiger partial charge in [-0.25, -0.2) is 4.79 Å². The minimum Gasteiger partial charge on any atom is -0.477 e. The van der Waals surface area contributed by atoms with Gasteiger partial charge in [-0.2, -0.15) is 5.10 Å². The molecule has 1 rings (SSSR count). The lowest BCUT2D eigenvalue weighted by atomic mass is 10.2. The maximum absolute atomic E-state index is 11.7. The molecule has 1 aromatic rings. The predicted octanol–water partition coefficient (Wildman–Crippen LogP) is 2.40. The van der Waals surface area contributed by atoms with Gasteiger partial charge < -0.3 is 14.8 Å². The van der Waals surface area contributed by atoms with Gasteiger partial charge in [-0.05, 0) is 29.7 Å². The second-order valence-electron chi connectivity index (χ2n) is 7.40. The van der Waals surface area contributed by atoms with E-state index in [-0.39, 0.29) is 30.4 Å². The molecule has 1 heterocycles. The van der Waals surface area contributed by atoms with E-state index >= 15 is 0 Å². The Hall–Kier alpha value is -2.36. The molecular weight excluding hydrogens is 356 g/mol. The summed E-state index contributed by atoms with van der Waals surface area (Å²) in [6.07, 6.45) is 0.941. The van der Waals surface area contributed by atoms with Crippen molar-refractivity contribution in [3.8, 4) is 0 Å². The Morgan fingerprint density at radius 2 is 2.15 bits per heavy atom. The van der Waals surface area contributed by atoms with Crippen molar-refractivity contribution in [3.63, 3.8) is 0 Å². The van der Waals surface area contributed by atoms with E-state index in [0.29, 0.717) is 0 Å². The highest BCUT2D eigenvalue weighted by Gasteiger charge is 2.39. The summed E-state index contributed by atoms with van der Waals surface area (Å²) in [6.45, 7) is 10.5. The number of hydrogen-bond acceptors (Lipinski definition) is 5. The largest absolute Gasteiger partial charge is 0.477 e. The van der Waals surface area contributed by atoms with Crippen LogP contribution in [-0.4, -0.2) is 54.3 Å². The van der Waals surface area contributed by atoms with E-state index in [0.717, 1.165) is 0 Å². The number of rotatable bonds is 9. The van der Waals surface area contributed by atoms with Crippen LogP contribution in [0.2, 0.25) is 18.1 Å². The second kappa shape index (κ2) is 8.83. The van der Waals surface area contributed by atoms with E-state index in [1.54, 1.807) is 0 Å². The number of carbonyl (C=O) groups excluding carboxylic acids is 1. The number of carboxylic acids is 1. The Morgan fingerprint density at radius 1 is 1.50 bits per heavy atom. The number of carbonyl (C=O) groups is 2. The van der Waals surface area contributed by atoms with Crippen molar-refractivity contribution in [3.05, 3.63) is 28.4 Å².